The number of ether oxygens (including phenoxy) is 4. The maximum absolute atomic E-state index is 11.0. The van der Waals surface area contributed by atoms with Crippen molar-refractivity contribution in [3.05, 3.63) is 0 Å². The van der Waals surface area contributed by atoms with Crippen LogP contribution in [0.15, 0.2) is 0 Å². The maximum Gasteiger partial charge on any atom is 0.186 e. The van der Waals surface area contributed by atoms with Crippen molar-refractivity contribution in [2.75, 3.05) is 13.2 Å². The molecule has 2 saturated heterocycles. The molecule has 14 atom stereocenters. The molecule has 0 aromatic heterocycles. The molecule has 0 spiro atoms. The molecule has 0 unspecified atom stereocenters. The van der Waals surface area contributed by atoms with Crippen molar-refractivity contribution < 1.29 is 65.5 Å². The van der Waals surface area contributed by atoms with Crippen LogP contribution >= 0.6 is 0 Å². The van der Waals surface area contributed by atoms with Crippen LogP contribution in [0.25, 0.3) is 0 Å². The van der Waals surface area contributed by atoms with Gasteiger partial charge in [-0.1, -0.05) is 0 Å². The Kier molecular flexibility index (Phi) is 11.0. The summed E-state index contributed by atoms with van der Waals surface area (Å²) in [5.41, 5.74) is 29.8. The van der Waals surface area contributed by atoms with Gasteiger partial charge in [0, 0.05) is 39.7 Å². The molecule has 3 fully saturated rings. The summed E-state index contributed by atoms with van der Waals surface area (Å²) in [7, 11) is 0. The molecule has 0 bridgehead atoms. The van der Waals surface area contributed by atoms with E-state index in [1.54, 1.807) is 0 Å². The van der Waals surface area contributed by atoms with Gasteiger partial charge in [-0.05, 0) is 12.8 Å². The Balaban J connectivity index is 0.00000385. The Morgan fingerprint density at radius 1 is 0.727 bits per heavy atom. The van der Waals surface area contributed by atoms with E-state index in [9.17, 15) is 25.5 Å². The van der Waals surface area contributed by atoms with E-state index >= 15 is 0 Å². The minimum atomic E-state index is -1.44. The van der Waals surface area contributed by atoms with E-state index in [2.05, 4.69) is 0 Å². The predicted molar refractivity (Wildman–Crippen MR) is 108 cm³/mol. The van der Waals surface area contributed by atoms with Gasteiger partial charge in [-0.3, -0.25) is 0 Å². The van der Waals surface area contributed by atoms with E-state index in [0.29, 0.717) is 0 Å². The van der Waals surface area contributed by atoms with Crippen molar-refractivity contribution in [2.45, 2.75) is 98.4 Å². The summed E-state index contributed by atoms with van der Waals surface area (Å²) in [4.78, 5) is 0. The fourth-order valence-corrected chi connectivity index (χ4v) is 4.43. The van der Waals surface area contributed by atoms with E-state index < -0.39 is 92.2 Å². The van der Waals surface area contributed by atoms with Gasteiger partial charge in [0.15, 0.2) is 12.6 Å². The van der Waals surface area contributed by atoms with Crippen molar-refractivity contribution in [1.82, 2.24) is 0 Å². The number of aliphatic hydroxyl groups excluding tert-OH is 5. The summed E-state index contributed by atoms with van der Waals surface area (Å²) < 4.78 is 22.7. The molecule has 1 saturated carbocycles. The smallest absolute Gasteiger partial charge is 0.186 e. The van der Waals surface area contributed by atoms with Crippen molar-refractivity contribution in [3.63, 3.8) is 0 Å². The minimum Gasteiger partial charge on any atom is -0.394 e. The number of rotatable bonds is 6. The van der Waals surface area contributed by atoms with Gasteiger partial charge in [-0.2, -0.15) is 0 Å². The second kappa shape index (κ2) is 12.4. The summed E-state index contributed by atoms with van der Waals surface area (Å²) in [6.07, 6.45) is -10.8. The first-order chi connectivity index (χ1) is 15.1. The Morgan fingerprint density at radius 2 is 1.27 bits per heavy atom. The van der Waals surface area contributed by atoms with E-state index in [1.165, 1.54) is 0 Å². The number of hydrogen-bond acceptors (Lipinski definition) is 14. The standard InChI is InChI=1S/C18H37N5O9.Pt/c19-3-9-8(25)2-7(22)17(29-9)31-15-5(20)1-6(21)16(14(15)28)32-18-13(27)11(23)12(26)10(4-24)30-18;/h5-18,24-28H,1-4,19-23H2;/t5-,6+,7+,8-,9+,10+,11-,12+,13+,14-,15+,16-,17+,18+;/m0./s1. The molecule has 3 aliphatic rings. The zero-order chi connectivity index (χ0) is 23.7. The second-order valence-electron chi connectivity index (χ2n) is 8.78. The molecule has 0 aromatic carbocycles. The molecule has 2 aliphatic heterocycles. The average Bonchev–Trinajstić information content (AvgIpc) is 2.75. The van der Waals surface area contributed by atoms with Crippen molar-refractivity contribution in [3.8, 4) is 0 Å². The fourth-order valence-electron chi connectivity index (χ4n) is 4.43. The molecule has 14 nitrogen and oxygen atoms in total. The molecule has 0 aromatic rings. The monoisotopic (exact) mass is 662 g/mol. The summed E-state index contributed by atoms with van der Waals surface area (Å²) in [6, 6.07) is -3.27. The molecule has 33 heavy (non-hydrogen) atoms. The zero-order valence-electron chi connectivity index (χ0n) is 18.0. The van der Waals surface area contributed by atoms with Crippen LogP contribution in [-0.4, -0.2) is 124 Å². The van der Waals surface area contributed by atoms with Crippen molar-refractivity contribution in [1.29, 1.82) is 0 Å². The third kappa shape index (κ3) is 6.28. The Labute approximate surface area is 205 Å². The largest absolute Gasteiger partial charge is 0.394 e. The third-order valence-electron chi connectivity index (χ3n) is 6.41. The van der Waals surface area contributed by atoms with Crippen LogP contribution in [0.2, 0.25) is 0 Å². The van der Waals surface area contributed by atoms with Gasteiger partial charge in [0.05, 0.1) is 30.9 Å². The molecule has 198 valence electrons. The first-order valence-electron chi connectivity index (χ1n) is 10.8. The van der Waals surface area contributed by atoms with E-state index in [-0.39, 0.29) is 40.5 Å². The number of hydrogen-bond donors (Lipinski definition) is 10. The second-order valence-corrected chi connectivity index (χ2v) is 8.78. The first kappa shape index (κ1) is 29.4. The van der Waals surface area contributed by atoms with E-state index in [0.717, 1.165) is 0 Å². The summed E-state index contributed by atoms with van der Waals surface area (Å²) in [5.74, 6) is 0. The van der Waals surface area contributed by atoms with E-state index in [4.69, 9.17) is 47.6 Å². The van der Waals surface area contributed by atoms with Crippen LogP contribution < -0.4 is 28.7 Å². The van der Waals surface area contributed by atoms with Gasteiger partial charge in [-0.15, -0.1) is 0 Å². The molecular formula is C18H37N5O9Pt. The third-order valence-corrected chi connectivity index (χ3v) is 6.41. The van der Waals surface area contributed by atoms with Crippen LogP contribution in [0.5, 0.6) is 0 Å². The van der Waals surface area contributed by atoms with Crippen LogP contribution in [0, 0.1) is 0 Å². The molecule has 0 amide bonds. The maximum atomic E-state index is 11.0. The topological polar surface area (TPSA) is 268 Å². The van der Waals surface area contributed by atoms with Crippen molar-refractivity contribution >= 4 is 0 Å². The summed E-state index contributed by atoms with van der Waals surface area (Å²) in [5, 5.41) is 50.7. The van der Waals surface area contributed by atoms with Crippen molar-refractivity contribution in [2.24, 2.45) is 28.7 Å². The van der Waals surface area contributed by atoms with Gasteiger partial charge >= 0.3 is 0 Å². The number of nitrogens with two attached hydrogens (primary N) is 5. The molecule has 15 N–H and O–H groups in total. The first-order valence-corrected chi connectivity index (χ1v) is 10.8. The summed E-state index contributed by atoms with van der Waals surface area (Å²) >= 11 is 0. The fraction of sp³-hybridized carbons (Fsp3) is 1.00. The molecular weight excluding hydrogens is 625 g/mol. The normalized spacial score (nSPS) is 51.1. The molecule has 0 radical (unpaired) electrons. The van der Waals surface area contributed by atoms with Crippen LogP contribution in [0.3, 0.4) is 0 Å². The quantitative estimate of drug-likeness (QED) is 0.127. The van der Waals surface area contributed by atoms with Crippen LogP contribution in [-0.2, 0) is 40.0 Å². The zero-order valence-corrected chi connectivity index (χ0v) is 20.3. The van der Waals surface area contributed by atoms with Crippen LogP contribution in [0.4, 0.5) is 0 Å². The SMILES string of the molecule is NC[C@H]1O[C@H](O[C@H]2[C@H](O)[C@@H](O[C@H]3O[C@H](CO)[C@@H](O)[C@H](N)[C@H]3O)[C@H](N)C[C@@H]2N)[C@H](N)C[C@@H]1O.[Pt]. The van der Waals surface area contributed by atoms with E-state index in [1.807, 2.05) is 0 Å². The molecule has 15 heteroatoms. The number of aliphatic hydroxyl groups is 5. The van der Waals surface area contributed by atoms with Gasteiger partial charge in [0.1, 0.15) is 36.6 Å². The minimum absolute atomic E-state index is 0. The Hall–Kier alpha value is 0.128. The van der Waals surface area contributed by atoms with Gasteiger partial charge in [-0.25, -0.2) is 0 Å². The average molecular weight is 663 g/mol. The van der Waals surface area contributed by atoms with Gasteiger partial charge in [0.2, 0.25) is 0 Å². The summed E-state index contributed by atoms with van der Waals surface area (Å²) in [6.45, 7) is -0.499. The van der Waals surface area contributed by atoms with Crippen LogP contribution in [0.1, 0.15) is 12.8 Å². The predicted octanol–water partition coefficient (Wildman–Crippen LogP) is -6.30. The Bertz CT molecular complexity index is 614. The molecule has 3 rings (SSSR count). The van der Waals surface area contributed by atoms with Gasteiger partial charge < -0.3 is 73.1 Å². The Morgan fingerprint density at radius 3 is 1.82 bits per heavy atom. The molecule has 2 heterocycles. The van der Waals surface area contributed by atoms with Gasteiger partial charge in [0.25, 0.3) is 0 Å². The molecule has 1 aliphatic carbocycles.